The van der Waals surface area contributed by atoms with Gasteiger partial charge in [-0.15, -0.1) is 0 Å². The highest BCUT2D eigenvalue weighted by molar-refractivity contribution is 5.15. The molecule has 2 bridgehead atoms. The van der Waals surface area contributed by atoms with E-state index in [1.54, 1.807) is 0 Å². The minimum absolute atomic E-state index is 0.918. The van der Waals surface area contributed by atoms with Crippen LogP contribution in [-0.2, 0) is 0 Å². The van der Waals surface area contributed by atoms with Crippen molar-refractivity contribution >= 4 is 0 Å². The fourth-order valence-corrected chi connectivity index (χ4v) is 2.94. The first-order valence-electron chi connectivity index (χ1n) is 4.27. The summed E-state index contributed by atoms with van der Waals surface area (Å²) in [5.74, 6) is 3.74. The average molecular weight is 134 g/mol. The van der Waals surface area contributed by atoms with Crippen molar-refractivity contribution in [3.05, 3.63) is 12.2 Å². The maximum absolute atomic E-state index is 4.47. The molecule has 1 heteroatoms. The van der Waals surface area contributed by atoms with E-state index < -0.39 is 0 Å². The highest BCUT2D eigenvalue weighted by Crippen LogP contribution is 2.49. The zero-order valence-corrected chi connectivity index (χ0v) is 6.03. The molecule has 0 aromatic rings. The molecule has 0 N–H and O–H groups in total. The summed E-state index contributed by atoms with van der Waals surface area (Å²) in [6.07, 6.45) is 6.30. The van der Waals surface area contributed by atoms with Crippen molar-refractivity contribution in [1.29, 1.82) is 0 Å². The molecule has 10 heavy (non-hydrogen) atoms. The lowest BCUT2D eigenvalue weighted by molar-refractivity contribution is 0.395. The Morgan fingerprint density at radius 1 is 1.00 bits per heavy atom. The van der Waals surface area contributed by atoms with E-state index in [4.69, 9.17) is 0 Å². The SMILES string of the molecule is C1=CC2CC1C1C[N]CC21. The summed E-state index contributed by atoms with van der Waals surface area (Å²) in [6.45, 7) is 2.33. The van der Waals surface area contributed by atoms with Gasteiger partial charge in [-0.05, 0) is 30.1 Å². The van der Waals surface area contributed by atoms with Gasteiger partial charge in [-0.25, -0.2) is 5.32 Å². The molecule has 1 heterocycles. The Morgan fingerprint density at radius 3 is 2.20 bits per heavy atom. The Bertz CT molecular complexity index is 167. The maximum Gasteiger partial charge on any atom is 0.0170 e. The molecule has 4 atom stereocenters. The zero-order valence-electron chi connectivity index (χ0n) is 6.03. The highest BCUT2D eigenvalue weighted by atomic mass is 14.9. The van der Waals surface area contributed by atoms with Crippen LogP contribution in [0.2, 0.25) is 0 Å². The van der Waals surface area contributed by atoms with E-state index in [1.165, 1.54) is 6.42 Å². The normalized spacial score (nSPS) is 56.0. The quantitative estimate of drug-likeness (QED) is 0.439. The Hall–Kier alpha value is -0.300. The monoisotopic (exact) mass is 134 g/mol. The third kappa shape index (κ3) is 0.485. The summed E-state index contributed by atoms with van der Waals surface area (Å²) in [4.78, 5) is 0. The third-order valence-corrected chi connectivity index (χ3v) is 3.48. The molecule has 2 fully saturated rings. The molecular formula is C9H12N. The van der Waals surface area contributed by atoms with Crippen molar-refractivity contribution in [2.75, 3.05) is 13.1 Å². The van der Waals surface area contributed by atoms with Gasteiger partial charge >= 0.3 is 0 Å². The van der Waals surface area contributed by atoms with Crippen LogP contribution < -0.4 is 5.32 Å². The number of rotatable bonds is 0. The maximum atomic E-state index is 4.47. The molecular weight excluding hydrogens is 122 g/mol. The lowest BCUT2D eigenvalue weighted by atomic mass is 9.86. The summed E-state index contributed by atoms with van der Waals surface area (Å²) < 4.78 is 0. The van der Waals surface area contributed by atoms with Crippen molar-refractivity contribution < 1.29 is 0 Å². The molecule has 3 aliphatic rings. The molecule has 53 valence electrons. The van der Waals surface area contributed by atoms with Crippen molar-refractivity contribution in [2.24, 2.45) is 23.7 Å². The Morgan fingerprint density at radius 2 is 1.60 bits per heavy atom. The summed E-state index contributed by atoms with van der Waals surface area (Å²) in [6, 6.07) is 0. The molecule has 3 rings (SSSR count). The standard InChI is InChI=1S/C9H12N/c1-2-7-3-6(1)8-4-10-5-9(7)8/h1-2,6-9H,3-5H2. The molecule has 1 radical (unpaired) electrons. The minimum atomic E-state index is 0.918. The Balaban J connectivity index is 1.99. The van der Waals surface area contributed by atoms with Crippen molar-refractivity contribution in [2.45, 2.75) is 6.42 Å². The van der Waals surface area contributed by atoms with Gasteiger partial charge in [0.1, 0.15) is 0 Å². The molecule has 1 saturated heterocycles. The van der Waals surface area contributed by atoms with Gasteiger partial charge in [0, 0.05) is 13.1 Å². The summed E-state index contributed by atoms with van der Waals surface area (Å²) in [5, 5.41) is 4.47. The predicted octanol–water partition coefficient (Wildman–Crippen LogP) is 1.04. The number of allylic oxidation sites excluding steroid dienone is 2. The molecule has 1 nitrogen and oxygen atoms in total. The van der Waals surface area contributed by atoms with Crippen LogP contribution in [0.4, 0.5) is 0 Å². The Kier molecular flexibility index (Phi) is 0.883. The molecule has 1 saturated carbocycles. The fraction of sp³-hybridized carbons (Fsp3) is 0.778. The largest absolute Gasteiger partial charge is 0.241 e. The third-order valence-electron chi connectivity index (χ3n) is 3.48. The smallest absolute Gasteiger partial charge is 0.0170 e. The van der Waals surface area contributed by atoms with E-state index >= 15 is 0 Å². The van der Waals surface area contributed by atoms with E-state index in [0.29, 0.717) is 0 Å². The van der Waals surface area contributed by atoms with Crippen LogP contribution in [0.5, 0.6) is 0 Å². The number of fused-ring (bicyclic) bond motifs is 5. The van der Waals surface area contributed by atoms with E-state index in [1.807, 2.05) is 0 Å². The molecule has 0 amide bonds. The van der Waals surface area contributed by atoms with Crippen LogP contribution in [0.3, 0.4) is 0 Å². The van der Waals surface area contributed by atoms with Gasteiger partial charge in [0.15, 0.2) is 0 Å². The van der Waals surface area contributed by atoms with Gasteiger partial charge in [-0.1, -0.05) is 12.2 Å². The van der Waals surface area contributed by atoms with E-state index in [9.17, 15) is 0 Å². The van der Waals surface area contributed by atoms with E-state index in [0.717, 1.165) is 36.8 Å². The number of hydrogen-bond acceptors (Lipinski definition) is 0. The van der Waals surface area contributed by atoms with Crippen LogP contribution >= 0.6 is 0 Å². The minimum Gasteiger partial charge on any atom is -0.241 e. The van der Waals surface area contributed by atoms with Gasteiger partial charge in [0.05, 0.1) is 0 Å². The first kappa shape index (κ1) is 5.36. The first-order valence-corrected chi connectivity index (χ1v) is 4.27. The topological polar surface area (TPSA) is 14.1 Å². The molecule has 0 aromatic carbocycles. The van der Waals surface area contributed by atoms with Gasteiger partial charge in [0.2, 0.25) is 0 Å². The van der Waals surface area contributed by atoms with E-state index in [2.05, 4.69) is 17.5 Å². The van der Waals surface area contributed by atoms with Crippen molar-refractivity contribution in [1.82, 2.24) is 5.32 Å². The van der Waals surface area contributed by atoms with Crippen LogP contribution in [0.25, 0.3) is 0 Å². The van der Waals surface area contributed by atoms with Crippen LogP contribution in [0.1, 0.15) is 6.42 Å². The summed E-state index contributed by atoms with van der Waals surface area (Å²) in [5.41, 5.74) is 0. The van der Waals surface area contributed by atoms with Gasteiger partial charge < -0.3 is 0 Å². The molecule has 0 spiro atoms. The van der Waals surface area contributed by atoms with Crippen molar-refractivity contribution in [3.63, 3.8) is 0 Å². The molecule has 4 unspecified atom stereocenters. The average Bonchev–Trinajstić information content (AvgIpc) is 2.60. The van der Waals surface area contributed by atoms with E-state index in [-0.39, 0.29) is 0 Å². The zero-order chi connectivity index (χ0) is 6.55. The van der Waals surface area contributed by atoms with Crippen LogP contribution in [-0.4, -0.2) is 13.1 Å². The second-order valence-electron chi connectivity index (χ2n) is 3.86. The molecule has 0 aromatic heterocycles. The molecule has 1 aliphatic heterocycles. The second kappa shape index (κ2) is 1.65. The van der Waals surface area contributed by atoms with Crippen LogP contribution in [0, 0.1) is 23.7 Å². The predicted molar refractivity (Wildman–Crippen MR) is 39.6 cm³/mol. The Labute approximate surface area is 61.5 Å². The van der Waals surface area contributed by atoms with Gasteiger partial charge in [0.25, 0.3) is 0 Å². The lowest BCUT2D eigenvalue weighted by Gasteiger charge is -2.17. The summed E-state index contributed by atoms with van der Waals surface area (Å²) in [7, 11) is 0. The summed E-state index contributed by atoms with van der Waals surface area (Å²) >= 11 is 0. The van der Waals surface area contributed by atoms with Gasteiger partial charge in [-0.2, -0.15) is 0 Å². The number of nitrogens with zero attached hydrogens (tertiary/aromatic N) is 1. The molecule has 2 aliphatic carbocycles. The van der Waals surface area contributed by atoms with Crippen molar-refractivity contribution in [3.8, 4) is 0 Å². The highest BCUT2D eigenvalue weighted by Gasteiger charge is 2.46. The fourth-order valence-electron chi connectivity index (χ4n) is 2.94. The van der Waals surface area contributed by atoms with Gasteiger partial charge in [-0.3, -0.25) is 0 Å². The lowest BCUT2D eigenvalue weighted by Crippen LogP contribution is -2.16. The number of hydrogen-bond donors (Lipinski definition) is 0. The first-order chi connectivity index (χ1) is 4.95. The van der Waals surface area contributed by atoms with Crippen LogP contribution in [0.15, 0.2) is 12.2 Å². The second-order valence-corrected chi connectivity index (χ2v) is 3.86.